The molecule has 2 aliphatic heterocycles. The molecule has 2 N–H and O–H groups in total. The number of piperidine rings is 1. The molecule has 0 saturated carbocycles. The molecule has 8 heteroatoms. The standard InChI is InChI=1S/C37H46N4O4/c1-5-18-40-24-27(3)41(25-26(40)2)35(31-9-7-11-34(42)22-31)30-8-6-10-32(21-30)36(43)39-19-16-33(17-20-39)38-23-28-12-14-29(15-13-28)37(44)45-4/h5-15,21-22,26-27,33,35,38,42H,1,16-20,23-25H2,2-4H3/t26-,27+,35?/m1/s1. The van der Waals surface area contributed by atoms with Crippen LogP contribution in [0, 0.1) is 0 Å². The molecule has 3 aromatic carbocycles. The maximum atomic E-state index is 13.8. The second-order valence-corrected chi connectivity index (χ2v) is 12.4. The Bertz CT molecular complexity index is 1470. The van der Waals surface area contributed by atoms with Crippen molar-refractivity contribution in [2.45, 2.75) is 57.4 Å². The molecule has 5 rings (SSSR count). The van der Waals surface area contributed by atoms with Gasteiger partial charge in [0.15, 0.2) is 0 Å². The second kappa shape index (κ2) is 14.9. The molecule has 0 aliphatic carbocycles. The molecule has 8 nitrogen and oxygen atoms in total. The van der Waals surface area contributed by atoms with Crippen LogP contribution < -0.4 is 5.32 Å². The Hall–Kier alpha value is -3.98. The number of likely N-dealkylation sites (tertiary alicyclic amines) is 1. The molecule has 0 spiro atoms. The van der Waals surface area contributed by atoms with Crippen molar-refractivity contribution in [3.63, 3.8) is 0 Å². The van der Waals surface area contributed by atoms with E-state index < -0.39 is 0 Å². The maximum absolute atomic E-state index is 13.8. The van der Waals surface area contributed by atoms with Crippen LogP contribution in [0.5, 0.6) is 5.75 Å². The van der Waals surface area contributed by atoms with Crippen LogP contribution in [0.1, 0.15) is 70.1 Å². The number of benzene rings is 3. The summed E-state index contributed by atoms with van der Waals surface area (Å²) in [5, 5.41) is 14.0. The van der Waals surface area contributed by atoms with Crippen LogP contribution in [0.25, 0.3) is 0 Å². The molecule has 1 amide bonds. The van der Waals surface area contributed by atoms with E-state index in [1.807, 2.05) is 53.4 Å². The van der Waals surface area contributed by atoms with E-state index in [0.29, 0.717) is 42.8 Å². The lowest BCUT2D eigenvalue weighted by atomic mass is 9.92. The van der Waals surface area contributed by atoms with Crippen molar-refractivity contribution in [3.05, 3.63) is 113 Å². The van der Waals surface area contributed by atoms with Gasteiger partial charge in [-0.25, -0.2) is 4.79 Å². The van der Waals surface area contributed by atoms with E-state index in [-0.39, 0.29) is 29.7 Å². The minimum atomic E-state index is -0.335. The average molecular weight is 611 g/mol. The van der Waals surface area contributed by atoms with Crippen LogP contribution in [0.15, 0.2) is 85.5 Å². The van der Waals surface area contributed by atoms with E-state index >= 15 is 0 Å². The topological polar surface area (TPSA) is 85.4 Å². The van der Waals surface area contributed by atoms with E-state index in [0.717, 1.165) is 49.2 Å². The summed E-state index contributed by atoms with van der Waals surface area (Å²) in [4.78, 5) is 32.4. The molecular weight excluding hydrogens is 564 g/mol. The number of nitrogens with zero attached hydrogens (tertiary/aromatic N) is 3. The molecule has 3 aromatic rings. The summed E-state index contributed by atoms with van der Waals surface area (Å²) in [5.41, 5.74) is 4.41. The van der Waals surface area contributed by atoms with Gasteiger partial charge in [0.25, 0.3) is 5.91 Å². The first kappa shape index (κ1) is 32.4. The van der Waals surface area contributed by atoms with Gasteiger partial charge in [-0.2, -0.15) is 0 Å². The first-order chi connectivity index (χ1) is 21.8. The highest BCUT2D eigenvalue weighted by Gasteiger charge is 2.35. The van der Waals surface area contributed by atoms with Gasteiger partial charge in [0.1, 0.15) is 5.75 Å². The van der Waals surface area contributed by atoms with Crippen LogP contribution in [0.2, 0.25) is 0 Å². The predicted molar refractivity (Wildman–Crippen MR) is 177 cm³/mol. The third-order valence-corrected chi connectivity index (χ3v) is 9.25. The summed E-state index contributed by atoms with van der Waals surface area (Å²) in [6.07, 6.45) is 3.72. The van der Waals surface area contributed by atoms with Gasteiger partial charge in [-0.1, -0.05) is 42.5 Å². The zero-order valence-corrected chi connectivity index (χ0v) is 26.7. The van der Waals surface area contributed by atoms with Gasteiger partial charge in [-0.05, 0) is 79.8 Å². The fourth-order valence-electron chi connectivity index (χ4n) is 6.72. The molecule has 0 aromatic heterocycles. The average Bonchev–Trinajstić information content (AvgIpc) is 3.06. The van der Waals surface area contributed by atoms with E-state index in [2.05, 4.69) is 47.7 Å². The van der Waals surface area contributed by atoms with Crippen LogP contribution in [-0.2, 0) is 11.3 Å². The second-order valence-electron chi connectivity index (χ2n) is 12.4. The smallest absolute Gasteiger partial charge is 0.337 e. The predicted octanol–water partition coefficient (Wildman–Crippen LogP) is 5.24. The zero-order valence-electron chi connectivity index (χ0n) is 26.7. The van der Waals surface area contributed by atoms with Gasteiger partial charge in [-0.15, -0.1) is 6.58 Å². The molecule has 2 saturated heterocycles. The Balaban J connectivity index is 1.26. The summed E-state index contributed by atoms with van der Waals surface area (Å²) >= 11 is 0. The number of ether oxygens (including phenoxy) is 1. The molecule has 1 unspecified atom stereocenters. The fourth-order valence-corrected chi connectivity index (χ4v) is 6.72. The SMILES string of the molecule is C=CCN1C[C@H](C)N(C(c2cccc(O)c2)c2cccc(C(=O)N3CCC(NCc4ccc(C(=O)OC)cc4)CC3)c2)C[C@H]1C. The van der Waals surface area contributed by atoms with Crippen molar-refractivity contribution >= 4 is 11.9 Å². The Labute approximate surface area is 267 Å². The van der Waals surface area contributed by atoms with Gasteiger partial charge < -0.3 is 20.1 Å². The molecule has 0 bridgehead atoms. The van der Waals surface area contributed by atoms with Crippen molar-refractivity contribution in [1.82, 2.24) is 20.0 Å². The Kier molecular flexibility index (Phi) is 10.7. The van der Waals surface area contributed by atoms with Gasteiger partial charge in [0.05, 0.1) is 18.7 Å². The lowest BCUT2D eigenvalue weighted by Gasteiger charge is -2.47. The number of esters is 1. The van der Waals surface area contributed by atoms with Crippen molar-refractivity contribution in [2.75, 3.05) is 39.8 Å². The molecule has 45 heavy (non-hydrogen) atoms. The Morgan fingerprint density at radius 1 is 0.956 bits per heavy atom. The minimum Gasteiger partial charge on any atom is -0.508 e. The molecule has 238 valence electrons. The lowest BCUT2D eigenvalue weighted by Crippen LogP contribution is -2.57. The zero-order chi connectivity index (χ0) is 31.9. The largest absolute Gasteiger partial charge is 0.508 e. The van der Waals surface area contributed by atoms with E-state index in [1.54, 1.807) is 18.2 Å². The number of piperazine rings is 1. The number of amides is 1. The quantitative estimate of drug-likeness (QED) is 0.240. The number of nitrogens with one attached hydrogen (secondary N) is 1. The molecule has 2 aliphatic rings. The van der Waals surface area contributed by atoms with Crippen LogP contribution in [-0.4, -0.2) is 89.6 Å². The van der Waals surface area contributed by atoms with Gasteiger partial charge in [0, 0.05) is 63.0 Å². The first-order valence-electron chi connectivity index (χ1n) is 16.0. The van der Waals surface area contributed by atoms with Crippen molar-refractivity contribution in [2.24, 2.45) is 0 Å². The number of carbonyl (C=O) groups is 2. The summed E-state index contributed by atoms with van der Waals surface area (Å²) in [6, 6.07) is 23.9. The Morgan fingerprint density at radius 3 is 2.31 bits per heavy atom. The number of phenols is 1. The first-order valence-corrected chi connectivity index (χ1v) is 16.0. The lowest BCUT2D eigenvalue weighted by molar-refractivity contribution is 0.0306. The van der Waals surface area contributed by atoms with Crippen LogP contribution in [0.4, 0.5) is 0 Å². The van der Waals surface area contributed by atoms with Crippen molar-refractivity contribution < 1.29 is 19.4 Å². The Morgan fingerprint density at radius 2 is 1.64 bits per heavy atom. The monoisotopic (exact) mass is 610 g/mol. The highest BCUT2D eigenvalue weighted by molar-refractivity contribution is 5.94. The summed E-state index contributed by atoms with van der Waals surface area (Å²) in [7, 11) is 1.38. The molecule has 2 heterocycles. The van der Waals surface area contributed by atoms with E-state index in [9.17, 15) is 14.7 Å². The van der Waals surface area contributed by atoms with Crippen molar-refractivity contribution in [3.8, 4) is 5.75 Å². The van der Waals surface area contributed by atoms with Gasteiger partial charge in [-0.3, -0.25) is 14.6 Å². The highest BCUT2D eigenvalue weighted by Crippen LogP contribution is 2.35. The fraction of sp³-hybridized carbons (Fsp3) is 0.405. The molecule has 0 radical (unpaired) electrons. The molecule has 2 fully saturated rings. The number of carbonyl (C=O) groups excluding carboxylic acids is 2. The third-order valence-electron chi connectivity index (χ3n) is 9.25. The maximum Gasteiger partial charge on any atom is 0.337 e. The normalized spacial score (nSPS) is 20.5. The van der Waals surface area contributed by atoms with Crippen LogP contribution >= 0.6 is 0 Å². The molecular formula is C37H46N4O4. The highest BCUT2D eigenvalue weighted by atomic mass is 16.5. The van der Waals surface area contributed by atoms with E-state index in [4.69, 9.17) is 4.74 Å². The summed E-state index contributed by atoms with van der Waals surface area (Å²) in [5.74, 6) is -0.0378. The molecule has 3 atom stereocenters. The van der Waals surface area contributed by atoms with E-state index in [1.165, 1.54) is 7.11 Å². The summed E-state index contributed by atoms with van der Waals surface area (Å²) < 4.78 is 4.78. The van der Waals surface area contributed by atoms with Crippen LogP contribution in [0.3, 0.4) is 0 Å². The number of hydrogen-bond donors (Lipinski definition) is 2. The minimum absolute atomic E-state index is 0.0561. The number of rotatable bonds is 10. The van der Waals surface area contributed by atoms with Gasteiger partial charge in [0.2, 0.25) is 0 Å². The van der Waals surface area contributed by atoms with Crippen molar-refractivity contribution in [1.29, 1.82) is 0 Å². The van der Waals surface area contributed by atoms with Gasteiger partial charge >= 0.3 is 5.97 Å². The number of methoxy groups -OCH3 is 1. The number of aromatic hydroxyl groups is 1. The summed E-state index contributed by atoms with van der Waals surface area (Å²) in [6.45, 7) is 13.2. The number of phenolic OH excluding ortho intramolecular Hbond substituents is 1. The third kappa shape index (κ3) is 7.82. The number of hydrogen-bond acceptors (Lipinski definition) is 7.